The zero-order valence-corrected chi connectivity index (χ0v) is 11.4. The summed E-state index contributed by atoms with van der Waals surface area (Å²) in [6.45, 7) is 4.25. The van der Waals surface area contributed by atoms with Gasteiger partial charge < -0.3 is 0 Å². The van der Waals surface area contributed by atoms with Crippen LogP contribution in [0.5, 0.6) is 0 Å². The van der Waals surface area contributed by atoms with Crippen LogP contribution in [-0.4, -0.2) is 12.3 Å². The third kappa shape index (κ3) is 3.99. The molecule has 0 atom stereocenters. The predicted octanol–water partition coefficient (Wildman–Crippen LogP) is 4.17. The van der Waals surface area contributed by atoms with Crippen LogP contribution in [0.3, 0.4) is 0 Å². The molecule has 0 radical (unpaired) electrons. The molecular weight excluding hydrogens is 243 g/mol. The van der Waals surface area contributed by atoms with E-state index in [-0.39, 0.29) is 0 Å². The number of rotatable bonds is 2. The minimum absolute atomic E-state index is 0.742. The Morgan fingerprint density at radius 3 is 2.20 bits per heavy atom. The smallest absolute Gasteiger partial charge is 0.0406 e. The molecule has 1 aromatic rings. The van der Waals surface area contributed by atoms with Gasteiger partial charge in [-0.05, 0) is 36.6 Å². The molecule has 0 N–H and O–H groups in total. The van der Waals surface area contributed by atoms with Gasteiger partial charge in [0.15, 0.2) is 0 Å². The van der Waals surface area contributed by atoms with Crippen LogP contribution in [0.4, 0.5) is 0 Å². The molecule has 0 aromatic heterocycles. The summed E-state index contributed by atoms with van der Waals surface area (Å²) in [6, 6.07) is 6.15. The lowest BCUT2D eigenvalue weighted by molar-refractivity contribution is 1.42. The van der Waals surface area contributed by atoms with Gasteiger partial charge in [0.25, 0.3) is 0 Å². The highest BCUT2D eigenvalue weighted by Gasteiger charge is 2.06. The average molecular weight is 257 g/mol. The van der Waals surface area contributed by atoms with Gasteiger partial charge in [0.1, 0.15) is 0 Å². The Hall–Kier alpha value is -0.280. The third-order valence-electron chi connectivity index (χ3n) is 2.27. The largest absolute Gasteiger partial charge is 0.0843 e. The molecule has 0 aliphatic rings. The molecule has 0 heterocycles. The van der Waals surface area contributed by atoms with Crippen LogP contribution in [-0.2, 0) is 11.8 Å². The van der Waals surface area contributed by atoms with Crippen LogP contribution in [0.1, 0.15) is 19.4 Å². The average Bonchev–Trinajstić information content (AvgIpc) is 2.28. The van der Waals surface area contributed by atoms with Crippen molar-refractivity contribution in [3.63, 3.8) is 0 Å². The fraction of sp³-hybridized carbons (Fsp3) is 0.333. The van der Waals surface area contributed by atoms with Gasteiger partial charge >= 0.3 is 0 Å². The lowest BCUT2D eigenvalue weighted by Gasteiger charge is -2.08. The zero-order valence-electron chi connectivity index (χ0n) is 8.96. The van der Waals surface area contributed by atoms with Crippen molar-refractivity contribution >= 4 is 29.4 Å². The van der Waals surface area contributed by atoms with Crippen LogP contribution >= 0.6 is 17.6 Å². The fourth-order valence-corrected chi connectivity index (χ4v) is 2.44. The minimum atomic E-state index is -1.42. The highest BCUT2D eigenvalue weighted by atomic mass is 35.5. The summed E-state index contributed by atoms with van der Waals surface area (Å²) in [4.78, 5) is 0. The first kappa shape index (κ1) is 12.8. The maximum Gasteiger partial charge on any atom is 0.0406 e. The van der Waals surface area contributed by atoms with Gasteiger partial charge in [-0.25, -0.2) is 0 Å². The molecule has 0 saturated heterocycles. The molecular formula is C12H14ClPS. The Morgan fingerprint density at radius 1 is 1.20 bits per heavy atom. The van der Waals surface area contributed by atoms with Gasteiger partial charge in [-0.1, -0.05) is 48.8 Å². The van der Waals surface area contributed by atoms with Crippen LogP contribution in [0, 0.1) is 11.6 Å². The molecule has 1 rings (SSSR count). The number of halogens is 1. The van der Waals surface area contributed by atoms with Crippen molar-refractivity contribution in [1.82, 2.24) is 0 Å². The molecule has 0 bridgehead atoms. The summed E-state index contributed by atoms with van der Waals surface area (Å²) in [7, 11) is 0. The van der Waals surface area contributed by atoms with Crippen molar-refractivity contribution in [3.8, 4) is 11.6 Å². The maximum atomic E-state index is 5.79. The second kappa shape index (κ2) is 5.71. The monoisotopic (exact) mass is 256 g/mol. The lowest BCUT2D eigenvalue weighted by atomic mass is 10.2. The van der Waals surface area contributed by atoms with Crippen molar-refractivity contribution in [3.05, 3.63) is 34.9 Å². The van der Waals surface area contributed by atoms with E-state index in [1.54, 1.807) is 0 Å². The second-order valence-corrected chi connectivity index (χ2v) is 9.07. The Labute approximate surface area is 102 Å². The Kier molecular flexibility index (Phi) is 4.87. The SMILES string of the molecule is CCP(=S)(C#Cc1ccc(Cl)cc1)CC. The molecule has 0 amide bonds. The molecule has 80 valence electrons. The quantitative estimate of drug-likeness (QED) is 0.565. The Bertz CT molecular complexity index is 417. The van der Waals surface area contributed by atoms with E-state index in [4.69, 9.17) is 23.4 Å². The van der Waals surface area contributed by atoms with Crippen molar-refractivity contribution in [2.45, 2.75) is 13.8 Å². The molecule has 0 spiro atoms. The van der Waals surface area contributed by atoms with E-state index in [2.05, 4.69) is 25.4 Å². The summed E-state index contributed by atoms with van der Waals surface area (Å²) in [6.07, 6.45) is 2.03. The van der Waals surface area contributed by atoms with Crippen molar-refractivity contribution in [2.24, 2.45) is 0 Å². The van der Waals surface area contributed by atoms with Crippen LogP contribution < -0.4 is 0 Å². The zero-order chi connectivity index (χ0) is 11.3. The van der Waals surface area contributed by atoms with Crippen LogP contribution in [0.2, 0.25) is 5.02 Å². The van der Waals surface area contributed by atoms with E-state index in [1.165, 1.54) is 0 Å². The van der Waals surface area contributed by atoms with Crippen molar-refractivity contribution < 1.29 is 0 Å². The highest BCUT2D eigenvalue weighted by molar-refractivity contribution is 8.17. The molecule has 1 aromatic carbocycles. The van der Waals surface area contributed by atoms with Gasteiger partial charge in [-0.15, -0.1) is 0 Å². The molecule has 0 aliphatic carbocycles. The summed E-state index contributed by atoms with van der Waals surface area (Å²) in [5.41, 5.74) is 4.26. The Morgan fingerprint density at radius 2 is 1.73 bits per heavy atom. The molecule has 0 unspecified atom stereocenters. The highest BCUT2D eigenvalue weighted by Crippen LogP contribution is 2.43. The summed E-state index contributed by atoms with van der Waals surface area (Å²) in [5.74, 6) is 3.15. The minimum Gasteiger partial charge on any atom is -0.0843 e. The van der Waals surface area contributed by atoms with Gasteiger partial charge in [-0.2, -0.15) is 0 Å². The summed E-state index contributed by atoms with van der Waals surface area (Å²) in [5, 5.41) is 0.742. The predicted molar refractivity (Wildman–Crippen MR) is 73.7 cm³/mol. The van der Waals surface area contributed by atoms with E-state index in [0.717, 1.165) is 22.9 Å². The molecule has 0 nitrogen and oxygen atoms in total. The van der Waals surface area contributed by atoms with Gasteiger partial charge in [0, 0.05) is 16.6 Å². The third-order valence-corrected chi connectivity index (χ3v) is 6.91. The first-order chi connectivity index (χ1) is 7.09. The maximum absolute atomic E-state index is 5.79. The van der Waals surface area contributed by atoms with Gasteiger partial charge in [0.05, 0.1) is 0 Å². The van der Waals surface area contributed by atoms with Crippen molar-refractivity contribution in [2.75, 3.05) is 12.3 Å². The van der Waals surface area contributed by atoms with Gasteiger partial charge in [-0.3, -0.25) is 0 Å². The van der Waals surface area contributed by atoms with E-state index in [9.17, 15) is 0 Å². The molecule has 0 aliphatic heterocycles. The molecule has 3 heteroatoms. The topological polar surface area (TPSA) is 0 Å². The lowest BCUT2D eigenvalue weighted by Crippen LogP contribution is -1.84. The standard InChI is InChI=1S/C12H14ClPS/c1-3-14(15,4-2)10-9-11-5-7-12(13)8-6-11/h5-8H,3-4H2,1-2H3. The second-order valence-electron chi connectivity index (χ2n) is 3.27. The summed E-state index contributed by atoms with van der Waals surface area (Å²) >= 11 is 11.3. The van der Waals surface area contributed by atoms with E-state index in [1.807, 2.05) is 24.3 Å². The summed E-state index contributed by atoms with van der Waals surface area (Å²) < 4.78 is 0. The van der Waals surface area contributed by atoms with E-state index < -0.39 is 6.04 Å². The molecule has 15 heavy (non-hydrogen) atoms. The molecule has 0 fully saturated rings. The molecule has 0 saturated carbocycles. The first-order valence-electron chi connectivity index (χ1n) is 4.96. The number of hydrogen-bond acceptors (Lipinski definition) is 1. The number of benzene rings is 1. The first-order valence-corrected chi connectivity index (χ1v) is 8.51. The van der Waals surface area contributed by atoms with Crippen LogP contribution in [0.15, 0.2) is 24.3 Å². The van der Waals surface area contributed by atoms with E-state index in [0.29, 0.717) is 0 Å². The normalized spacial score (nSPS) is 10.6. The van der Waals surface area contributed by atoms with E-state index >= 15 is 0 Å². The Balaban J connectivity index is 2.90. The van der Waals surface area contributed by atoms with Gasteiger partial charge in [0.2, 0.25) is 0 Å². The van der Waals surface area contributed by atoms with Crippen LogP contribution in [0.25, 0.3) is 0 Å². The fourth-order valence-electron chi connectivity index (χ4n) is 1.08. The van der Waals surface area contributed by atoms with Crippen molar-refractivity contribution in [1.29, 1.82) is 0 Å². The number of hydrogen-bond donors (Lipinski definition) is 0.